The average molecular weight is 504 g/mol. The molecule has 1 fully saturated rings. The molecule has 3 N–H and O–H groups in total. The third-order valence-electron chi connectivity index (χ3n) is 4.35. The fourth-order valence-corrected chi connectivity index (χ4v) is 3.47. The van der Waals surface area contributed by atoms with E-state index in [1.807, 2.05) is 0 Å². The van der Waals surface area contributed by atoms with Gasteiger partial charge >= 0.3 is 6.03 Å². The number of methoxy groups -OCH3 is 2. The van der Waals surface area contributed by atoms with E-state index in [1.165, 1.54) is 38.5 Å². The van der Waals surface area contributed by atoms with Crippen LogP contribution in [0.25, 0.3) is 6.08 Å². The Kier molecular flexibility index (Phi) is 6.79. The summed E-state index contributed by atoms with van der Waals surface area (Å²) in [5, 5.41) is 2.15. The number of amides is 5. The van der Waals surface area contributed by atoms with E-state index < -0.39 is 23.8 Å². The molecule has 1 aliphatic heterocycles. The SMILES string of the molecule is COc1ccc(N2C(=O)NC(=O)/C(=C\c3cc(Br)c(OCC(N)=O)c(OC)c3)C2=O)cc1. The van der Waals surface area contributed by atoms with E-state index in [-0.39, 0.29) is 29.4 Å². The Morgan fingerprint density at radius 2 is 1.81 bits per heavy atom. The molecule has 10 nitrogen and oxygen atoms in total. The van der Waals surface area contributed by atoms with E-state index in [9.17, 15) is 19.2 Å². The molecule has 0 saturated carbocycles. The third kappa shape index (κ3) is 4.72. The summed E-state index contributed by atoms with van der Waals surface area (Å²) in [7, 11) is 2.88. The van der Waals surface area contributed by atoms with Crippen molar-refractivity contribution in [2.24, 2.45) is 5.73 Å². The van der Waals surface area contributed by atoms with Crippen LogP contribution in [0.3, 0.4) is 0 Å². The van der Waals surface area contributed by atoms with Crippen LogP contribution in [0.1, 0.15) is 5.56 Å². The summed E-state index contributed by atoms with van der Waals surface area (Å²) in [4.78, 5) is 49.6. The van der Waals surface area contributed by atoms with Gasteiger partial charge in [0.05, 0.1) is 24.4 Å². The second-order valence-electron chi connectivity index (χ2n) is 6.44. The maximum Gasteiger partial charge on any atom is 0.335 e. The summed E-state index contributed by atoms with van der Waals surface area (Å²) in [6, 6.07) is 8.41. The van der Waals surface area contributed by atoms with Gasteiger partial charge in [-0.15, -0.1) is 0 Å². The molecule has 0 aliphatic carbocycles. The molecule has 1 heterocycles. The zero-order valence-electron chi connectivity index (χ0n) is 17.0. The van der Waals surface area contributed by atoms with Gasteiger partial charge in [-0.2, -0.15) is 0 Å². The lowest BCUT2D eigenvalue weighted by atomic mass is 10.1. The molecule has 0 radical (unpaired) electrons. The minimum Gasteiger partial charge on any atom is -0.497 e. The number of carbonyl (C=O) groups excluding carboxylic acids is 4. The number of barbiturate groups is 1. The fraction of sp³-hybridized carbons (Fsp3) is 0.143. The van der Waals surface area contributed by atoms with E-state index in [4.69, 9.17) is 19.9 Å². The van der Waals surface area contributed by atoms with Crippen molar-refractivity contribution in [1.29, 1.82) is 0 Å². The highest BCUT2D eigenvalue weighted by molar-refractivity contribution is 9.10. The molecule has 0 atom stereocenters. The quantitative estimate of drug-likeness (QED) is 0.435. The van der Waals surface area contributed by atoms with Crippen molar-refractivity contribution in [3.8, 4) is 17.2 Å². The Hall–Kier alpha value is -3.86. The molecule has 1 aliphatic rings. The maximum absolute atomic E-state index is 13.0. The van der Waals surface area contributed by atoms with Crippen molar-refractivity contribution < 1.29 is 33.4 Å². The third-order valence-corrected chi connectivity index (χ3v) is 4.94. The smallest absolute Gasteiger partial charge is 0.335 e. The second kappa shape index (κ2) is 9.52. The number of ether oxygens (including phenoxy) is 3. The van der Waals surface area contributed by atoms with Crippen LogP contribution < -0.4 is 30.2 Å². The highest BCUT2D eigenvalue weighted by atomic mass is 79.9. The number of halogens is 1. The number of hydrogen-bond donors (Lipinski definition) is 2. The van der Waals surface area contributed by atoms with Crippen LogP contribution >= 0.6 is 15.9 Å². The minimum absolute atomic E-state index is 0.225. The number of hydrogen-bond acceptors (Lipinski definition) is 7. The topological polar surface area (TPSA) is 137 Å². The van der Waals surface area contributed by atoms with Gasteiger partial charge in [0.15, 0.2) is 18.1 Å². The van der Waals surface area contributed by atoms with E-state index in [0.29, 0.717) is 15.8 Å². The molecule has 0 unspecified atom stereocenters. The number of carbonyl (C=O) groups is 4. The maximum atomic E-state index is 13.0. The Morgan fingerprint density at radius 1 is 1.12 bits per heavy atom. The summed E-state index contributed by atoms with van der Waals surface area (Å²) in [6.45, 7) is -0.366. The molecule has 32 heavy (non-hydrogen) atoms. The molecule has 0 aromatic heterocycles. The van der Waals surface area contributed by atoms with Crippen LogP contribution in [0.4, 0.5) is 10.5 Å². The Labute approximate surface area is 191 Å². The number of nitrogens with two attached hydrogens (primary N) is 1. The summed E-state index contributed by atoms with van der Waals surface area (Å²) >= 11 is 3.31. The van der Waals surface area contributed by atoms with Gasteiger partial charge in [0.1, 0.15) is 11.3 Å². The number of nitrogens with zero attached hydrogens (tertiary/aromatic N) is 1. The van der Waals surface area contributed by atoms with Crippen LogP contribution in [0.15, 0.2) is 46.4 Å². The molecule has 166 valence electrons. The predicted octanol–water partition coefficient (Wildman–Crippen LogP) is 2.00. The number of urea groups is 1. The number of primary amides is 1. The first kappa shape index (κ1) is 22.8. The molecule has 0 spiro atoms. The normalized spacial score (nSPS) is 14.9. The van der Waals surface area contributed by atoms with E-state index in [1.54, 1.807) is 18.2 Å². The molecule has 2 aromatic rings. The summed E-state index contributed by atoms with van der Waals surface area (Å²) in [5.41, 5.74) is 5.51. The lowest BCUT2D eigenvalue weighted by molar-refractivity contribution is -0.123. The predicted molar refractivity (Wildman–Crippen MR) is 117 cm³/mol. The highest BCUT2D eigenvalue weighted by Crippen LogP contribution is 2.37. The van der Waals surface area contributed by atoms with Crippen molar-refractivity contribution in [2.75, 3.05) is 25.7 Å². The molecule has 5 amide bonds. The van der Waals surface area contributed by atoms with E-state index >= 15 is 0 Å². The van der Waals surface area contributed by atoms with Crippen LogP contribution in [-0.4, -0.2) is 44.6 Å². The Morgan fingerprint density at radius 3 is 2.41 bits per heavy atom. The number of rotatable bonds is 7. The Balaban J connectivity index is 1.98. The number of benzene rings is 2. The molecular formula is C21H18BrN3O7. The van der Waals surface area contributed by atoms with Gasteiger partial charge in [0.25, 0.3) is 17.7 Å². The lowest BCUT2D eigenvalue weighted by Gasteiger charge is -2.26. The first-order valence-electron chi connectivity index (χ1n) is 9.09. The fourth-order valence-electron chi connectivity index (χ4n) is 2.90. The number of imide groups is 2. The zero-order chi connectivity index (χ0) is 23.4. The Bertz CT molecular complexity index is 1130. The van der Waals surface area contributed by atoms with Gasteiger partial charge in [-0.25, -0.2) is 9.69 Å². The summed E-state index contributed by atoms with van der Waals surface area (Å²) < 4.78 is 16.1. The van der Waals surface area contributed by atoms with E-state index in [2.05, 4.69) is 21.2 Å². The van der Waals surface area contributed by atoms with Gasteiger partial charge in [0.2, 0.25) is 0 Å². The van der Waals surface area contributed by atoms with Crippen LogP contribution in [0, 0.1) is 0 Å². The van der Waals surface area contributed by atoms with E-state index in [0.717, 1.165) is 4.90 Å². The zero-order valence-corrected chi connectivity index (χ0v) is 18.6. The van der Waals surface area contributed by atoms with Crippen molar-refractivity contribution in [1.82, 2.24) is 5.32 Å². The van der Waals surface area contributed by atoms with Crippen LogP contribution in [0.5, 0.6) is 17.2 Å². The first-order valence-corrected chi connectivity index (χ1v) is 9.88. The second-order valence-corrected chi connectivity index (χ2v) is 7.30. The van der Waals surface area contributed by atoms with Crippen LogP contribution in [0.2, 0.25) is 0 Å². The summed E-state index contributed by atoms with van der Waals surface area (Å²) in [5.74, 6) is -1.30. The number of anilines is 1. The van der Waals surface area contributed by atoms with Crippen molar-refractivity contribution in [3.63, 3.8) is 0 Å². The van der Waals surface area contributed by atoms with Gasteiger partial charge in [-0.3, -0.25) is 19.7 Å². The molecular weight excluding hydrogens is 486 g/mol. The van der Waals surface area contributed by atoms with Gasteiger partial charge < -0.3 is 19.9 Å². The minimum atomic E-state index is -0.865. The van der Waals surface area contributed by atoms with Gasteiger partial charge in [-0.05, 0) is 64.0 Å². The first-order chi connectivity index (χ1) is 15.2. The standard InChI is InChI=1S/C21H18BrN3O7/c1-30-13-5-3-12(4-6-13)25-20(28)14(19(27)24-21(25)29)7-11-8-15(22)18(16(9-11)31-2)32-10-17(23)26/h3-9H,10H2,1-2H3,(H2,23,26)(H,24,27,29)/b14-7+. The monoisotopic (exact) mass is 503 g/mol. The van der Waals surface area contributed by atoms with Crippen molar-refractivity contribution in [2.45, 2.75) is 0 Å². The average Bonchev–Trinajstić information content (AvgIpc) is 2.75. The van der Waals surface area contributed by atoms with Crippen molar-refractivity contribution in [3.05, 3.63) is 52.0 Å². The molecule has 1 saturated heterocycles. The number of nitrogens with one attached hydrogen (secondary N) is 1. The summed E-state index contributed by atoms with van der Waals surface area (Å²) in [6.07, 6.45) is 1.31. The molecule has 0 bridgehead atoms. The van der Waals surface area contributed by atoms with Gasteiger partial charge in [0, 0.05) is 0 Å². The molecule has 11 heteroatoms. The van der Waals surface area contributed by atoms with Crippen molar-refractivity contribution >= 4 is 51.4 Å². The molecule has 3 rings (SSSR count). The lowest BCUT2D eigenvalue weighted by Crippen LogP contribution is -2.54. The highest BCUT2D eigenvalue weighted by Gasteiger charge is 2.36. The molecule has 2 aromatic carbocycles. The van der Waals surface area contributed by atoms with Gasteiger partial charge in [-0.1, -0.05) is 0 Å². The largest absolute Gasteiger partial charge is 0.497 e. The van der Waals surface area contributed by atoms with Crippen LogP contribution in [-0.2, 0) is 14.4 Å².